The molecule has 3 rings (SSSR count). The lowest BCUT2D eigenvalue weighted by Crippen LogP contribution is -2.35. The van der Waals surface area contributed by atoms with Crippen LogP contribution in [0.5, 0.6) is 0 Å². The Balaban J connectivity index is 1.98. The van der Waals surface area contributed by atoms with Gasteiger partial charge in [0.1, 0.15) is 0 Å². The van der Waals surface area contributed by atoms with Crippen LogP contribution in [0.3, 0.4) is 0 Å². The maximum atomic E-state index is 13.0. The second-order valence-electron chi connectivity index (χ2n) is 6.84. The first-order chi connectivity index (χ1) is 11.5. The molecule has 1 heterocycles. The molecule has 0 N–H and O–H groups in total. The van der Waals surface area contributed by atoms with Gasteiger partial charge in [-0.2, -0.15) is 5.10 Å². The van der Waals surface area contributed by atoms with Gasteiger partial charge in [-0.05, 0) is 37.0 Å². The van der Waals surface area contributed by atoms with Gasteiger partial charge in [-0.3, -0.25) is 4.79 Å². The van der Waals surface area contributed by atoms with E-state index in [9.17, 15) is 4.79 Å². The number of carbonyl (C=O) groups excluding carboxylic acids is 1. The minimum atomic E-state index is 0.0684. The van der Waals surface area contributed by atoms with Crippen LogP contribution in [-0.4, -0.2) is 33.7 Å². The van der Waals surface area contributed by atoms with Gasteiger partial charge in [0.2, 0.25) is 0 Å². The molecular formula is C19H24ClN3O. The van der Waals surface area contributed by atoms with Crippen molar-refractivity contribution in [2.75, 3.05) is 7.05 Å². The first-order valence-electron chi connectivity index (χ1n) is 8.60. The molecule has 0 bridgehead atoms. The maximum Gasteiger partial charge on any atom is 0.257 e. The first kappa shape index (κ1) is 17.0. The van der Waals surface area contributed by atoms with Gasteiger partial charge >= 0.3 is 0 Å². The Morgan fingerprint density at radius 3 is 2.67 bits per heavy atom. The molecule has 24 heavy (non-hydrogen) atoms. The van der Waals surface area contributed by atoms with Crippen molar-refractivity contribution in [1.82, 2.24) is 14.7 Å². The normalized spacial score (nSPS) is 15.2. The molecule has 0 unspecified atom stereocenters. The number of benzene rings is 1. The molecule has 1 fully saturated rings. The Morgan fingerprint density at radius 2 is 2.04 bits per heavy atom. The van der Waals surface area contributed by atoms with Gasteiger partial charge in [-0.1, -0.05) is 44.4 Å². The van der Waals surface area contributed by atoms with Crippen LogP contribution in [0.25, 0.3) is 5.69 Å². The number of hydrogen-bond acceptors (Lipinski definition) is 2. The fraction of sp³-hybridized carbons (Fsp3) is 0.474. The Kier molecular flexibility index (Phi) is 4.95. The van der Waals surface area contributed by atoms with Crippen molar-refractivity contribution in [3.63, 3.8) is 0 Å². The maximum absolute atomic E-state index is 13.0. The van der Waals surface area contributed by atoms with Crippen LogP contribution in [0.15, 0.2) is 30.5 Å². The molecule has 5 heteroatoms. The molecule has 0 radical (unpaired) electrons. The summed E-state index contributed by atoms with van der Waals surface area (Å²) in [6.07, 6.45) is 6.32. The van der Waals surface area contributed by atoms with Gasteiger partial charge in [0.25, 0.3) is 5.91 Å². The molecular weight excluding hydrogens is 322 g/mol. The average Bonchev–Trinajstić information content (AvgIpc) is 3.22. The van der Waals surface area contributed by atoms with E-state index in [1.165, 1.54) is 12.8 Å². The quantitative estimate of drug-likeness (QED) is 0.808. The summed E-state index contributed by atoms with van der Waals surface area (Å²) in [4.78, 5) is 14.9. The molecule has 0 aliphatic heterocycles. The lowest BCUT2D eigenvalue weighted by molar-refractivity contribution is 0.0733. The van der Waals surface area contributed by atoms with E-state index < -0.39 is 0 Å². The summed E-state index contributed by atoms with van der Waals surface area (Å²) in [5.41, 5.74) is 2.51. The zero-order valence-corrected chi connectivity index (χ0v) is 15.3. The smallest absolute Gasteiger partial charge is 0.257 e. The van der Waals surface area contributed by atoms with Gasteiger partial charge < -0.3 is 4.90 Å². The summed E-state index contributed by atoms with van der Waals surface area (Å²) >= 11 is 6.12. The zero-order valence-electron chi connectivity index (χ0n) is 14.5. The Bertz CT molecular complexity index is 732. The van der Waals surface area contributed by atoms with E-state index in [-0.39, 0.29) is 11.8 Å². The third-order valence-corrected chi connectivity index (χ3v) is 5.06. The molecule has 2 aromatic rings. The van der Waals surface area contributed by atoms with Crippen LogP contribution >= 0.6 is 11.6 Å². The van der Waals surface area contributed by atoms with Crippen LogP contribution in [-0.2, 0) is 0 Å². The van der Waals surface area contributed by atoms with Gasteiger partial charge in [-0.25, -0.2) is 4.68 Å². The van der Waals surface area contributed by atoms with E-state index in [0.717, 1.165) is 24.2 Å². The first-order valence-corrected chi connectivity index (χ1v) is 8.98. The minimum absolute atomic E-state index is 0.0684. The predicted octanol–water partition coefficient (Wildman–Crippen LogP) is 4.66. The Morgan fingerprint density at radius 1 is 1.33 bits per heavy atom. The standard InChI is InChI=1S/C19H24ClN3O/c1-13(2)18-17(19(24)22(3)15-8-4-5-9-15)12-21-23(18)16-10-6-7-14(20)11-16/h6-7,10-13,15H,4-5,8-9H2,1-3H3. The Labute approximate surface area is 148 Å². The molecule has 1 aromatic heterocycles. The van der Waals surface area contributed by atoms with Crippen LogP contribution in [0.2, 0.25) is 5.02 Å². The average molecular weight is 346 g/mol. The fourth-order valence-electron chi connectivity index (χ4n) is 3.54. The topological polar surface area (TPSA) is 38.1 Å². The van der Waals surface area contributed by atoms with Crippen molar-refractivity contribution >= 4 is 17.5 Å². The Hall–Kier alpha value is -1.81. The van der Waals surface area contributed by atoms with Gasteiger partial charge in [0.05, 0.1) is 23.1 Å². The molecule has 0 atom stereocenters. The predicted molar refractivity (Wildman–Crippen MR) is 97.0 cm³/mol. The summed E-state index contributed by atoms with van der Waals surface area (Å²) in [5, 5.41) is 5.15. The van der Waals surface area contributed by atoms with Gasteiger partial charge in [0, 0.05) is 18.1 Å². The minimum Gasteiger partial charge on any atom is -0.339 e. The van der Waals surface area contributed by atoms with E-state index in [1.54, 1.807) is 6.20 Å². The highest BCUT2D eigenvalue weighted by Gasteiger charge is 2.28. The molecule has 1 saturated carbocycles. The highest BCUT2D eigenvalue weighted by molar-refractivity contribution is 6.30. The molecule has 0 spiro atoms. The van der Waals surface area contributed by atoms with E-state index in [1.807, 2.05) is 40.9 Å². The number of hydrogen-bond donors (Lipinski definition) is 0. The summed E-state index contributed by atoms with van der Waals surface area (Å²) < 4.78 is 1.84. The molecule has 1 aliphatic carbocycles. The summed E-state index contributed by atoms with van der Waals surface area (Å²) in [6.45, 7) is 4.18. The number of nitrogens with zero attached hydrogens (tertiary/aromatic N) is 3. The fourth-order valence-corrected chi connectivity index (χ4v) is 3.72. The SMILES string of the molecule is CC(C)c1c(C(=O)N(C)C2CCCC2)cnn1-c1cccc(Cl)c1. The van der Waals surface area contributed by atoms with E-state index in [0.29, 0.717) is 16.6 Å². The second-order valence-corrected chi connectivity index (χ2v) is 7.28. The lowest BCUT2D eigenvalue weighted by Gasteiger charge is -2.25. The molecule has 1 aromatic carbocycles. The van der Waals surface area contributed by atoms with Crippen LogP contribution in [0, 0.1) is 0 Å². The zero-order chi connectivity index (χ0) is 17.3. The molecule has 0 saturated heterocycles. The van der Waals surface area contributed by atoms with Gasteiger partial charge in [-0.15, -0.1) is 0 Å². The molecule has 1 amide bonds. The summed E-state index contributed by atoms with van der Waals surface area (Å²) in [6, 6.07) is 7.92. The number of amides is 1. The number of halogens is 1. The molecule has 128 valence electrons. The van der Waals surface area contributed by atoms with E-state index >= 15 is 0 Å². The van der Waals surface area contributed by atoms with Crippen LogP contribution in [0.4, 0.5) is 0 Å². The van der Waals surface area contributed by atoms with Crippen molar-refractivity contribution in [1.29, 1.82) is 0 Å². The second kappa shape index (κ2) is 6.98. The number of carbonyl (C=O) groups is 1. The lowest BCUT2D eigenvalue weighted by atomic mass is 10.0. The van der Waals surface area contributed by atoms with E-state index in [4.69, 9.17) is 11.6 Å². The van der Waals surface area contributed by atoms with Crippen molar-refractivity contribution in [2.24, 2.45) is 0 Å². The highest BCUT2D eigenvalue weighted by atomic mass is 35.5. The van der Waals surface area contributed by atoms with Gasteiger partial charge in [0.15, 0.2) is 0 Å². The monoisotopic (exact) mass is 345 g/mol. The largest absolute Gasteiger partial charge is 0.339 e. The van der Waals surface area contributed by atoms with Crippen molar-refractivity contribution in [3.05, 3.63) is 46.7 Å². The number of rotatable bonds is 4. The highest BCUT2D eigenvalue weighted by Crippen LogP contribution is 2.28. The summed E-state index contributed by atoms with van der Waals surface area (Å²) in [5.74, 6) is 0.251. The van der Waals surface area contributed by atoms with Crippen molar-refractivity contribution in [3.8, 4) is 5.69 Å². The van der Waals surface area contributed by atoms with Crippen LogP contribution in [0.1, 0.15) is 61.5 Å². The van der Waals surface area contributed by atoms with Crippen LogP contribution < -0.4 is 0 Å². The molecule has 4 nitrogen and oxygen atoms in total. The van der Waals surface area contributed by atoms with Crippen molar-refractivity contribution in [2.45, 2.75) is 51.5 Å². The third kappa shape index (κ3) is 3.20. The van der Waals surface area contributed by atoms with E-state index in [2.05, 4.69) is 18.9 Å². The van der Waals surface area contributed by atoms with Crippen molar-refractivity contribution < 1.29 is 4.79 Å². The number of aromatic nitrogens is 2. The molecule has 1 aliphatic rings. The summed E-state index contributed by atoms with van der Waals surface area (Å²) in [7, 11) is 1.92. The third-order valence-electron chi connectivity index (χ3n) is 4.83.